The molecule has 0 fully saturated rings. The largest absolute Gasteiger partial charge is 0.315 e. The van der Waals surface area contributed by atoms with Gasteiger partial charge in [0.05, 0.1) is 0 Å². The fourth-order valence-electron chi connectivity index (χ4n) is 1.05. The maximum Gasteiger partial charge on any atom is 0.00103 e. The first-order valence-corrected chi connectivity index (χ1v) is 4.90. The first kappa shape index (κ1) is 11.0. The summed E-state index contributed by atoms with van der Waals surface area (Å²) >= 11 is 0. The van der Waals surface area contributed by atoms with Gasteiger partial charge in [-0.1, -0.05) is 34.1 Å². The Balaban J connectivity index is 3.01. The molecule has 0 rings (SSSR count). The standard InChI is InChI=1S/C10H23N/c1-5-10(4)7-6-8-11-9(2)3/h9-11H,5-8H2,1-4H3. The molecule has 11 heavy (non-hydrogen) atoms. The summed E-state index contributed by atoms with van der Waals surface area (Å²) in [7, 11) is 0. The van der Waals surface area contributed by atoms with Gasteiger partial charge >= 0.3 is 0 Å². The van der Waals surface area contributed by atoms with Crippen LogP contribution in [0, 0.1) is 5.92 Å². The van der Waals surface area contributed by atoms with Crippen LogP contribution in [-0.4, -0.2) is 12.6 Å². The van der Waals surface area contributed by atoms with Gasteiger partial charge in [-0.15, -0.1) is 0 Å². The van der Waals surface area contributed by atoms with Gasteiger partial charge in [0.2, 0.25) is 0 Å². The summed E-state index contributed by atoms with van der Waals surface area (Å²) in [5.41, 5.74) is 0. The summed E-state index contributed by atoms with van der Waals surface area (Å²) in [6, 6.07) is 0.645. The van der Waals surface area contributed by atoms with E-state index in [2.05, 4.69) is 33.0 Å². The van der Waals surface area contributed by atoms with Crippen LogP contribution in [0.2, 0.25) is 0 Å². The predicted molar refractivity (Wildman–Crippen MR) is 51.8 cm³/mol. The van der Waals surface area contributed by atoms with E-state index in [4.69, 9.17) is 0 Å². The monoisotopic (exact) mass is 157 g/mol. The molecule has 68 valence electrons. The minimum absolute atomic E-state index is 0.645. The van der Waals surface area contributed by atoms with Gasteiger partial charge < -0.3 is 5.32 Å². The highest BCUT2D eigenvalue weighted by Gasteiger charge is 1.97. The van der Waals surface area contributed by atoms with E-state index in [-0.39, 0.29) is 0 Å². The SMILES string of the molecule is CCC(C)CCCNC(C)C. The molecule has 0 radical (unpaired) electrons. The molecule has 0 aliphatic rings. The van der Waals surface area contributed by atoms with Gasteiger partial charge in [0.25, 0.3) is 0 Å². The van der Waals surface area contributed by atoms with E-state index in [1.54, 1.807) is 0 Å². The zero-order valence-electron chi connectivity index (χ0n) is 8.48. The molecule has 0 aromatic heterocycles. The Kier molecular flexibility index (Phi) is 6.63. The Morgan fingerprint density at radius 1 is 1.18 bits per heavy atom. The molecule has 1 heteroatoms. The van der Waals surface area contributed by atoms with Gasteiger partial charge in [-0.05, 0) is 25.3 Å². The maximum absolute atomic E-state index is 3.42. The Hall–Kier alpha value is -0.0400. The molecule has 0 bridgehead atoms. The summed E-state index contributed by atoms with van der Waals surface area (Å²) in [5.74, 6) is 0.906. The highest BCUT2D eigenvalue weighted by Crippen LogP contribution is 2.07. The number of hydrogen-bond acceptors (Lipinski definition) is 1. The average Bonchev–Trinajstić information content (AvgIpc) is 1.97. The van der Waals surface area contributed by atoms with E-state index in [0.29, 0.717) is 6.04 Å². The van der Waals surface area contributed by atoms with Crippen LogP contribution < -0.4 is 5.32 Å². The van der Waals surface area contributed by atoms with Crippen LogP contribution in [0.15, 0.2) is 0 Å². The van der Waals surface area contributed by atoms with Crippen molar-refractivity contribution >= 4 is 0 Å². The zero-order valence-corrected chi connectivity index (χ0v) is 8.48. The second-order valence-corrected chi connectivity index (χ2v) is 3.76. The highest BCUT2D eigenvalue weighted by atomic mass is 14.9. The van der Waals surface area contributed by atoms with E-state index >= 15 is 0 Å². The Labute approximate surface area is 71.6 Å². The zero-order chi connectivity index (χ0) is 8.69. The second-order valence-electron chi connectivity index (χ2n) is 3.76. The minimum atomic E-state index is 0.645. The molecule has 1 N–H and O–H groups in total. The van der Waals surface area contributed by atoms with Crippen LogP contribution >= 0.6 is 0 Å². The summed E-state index contributed by atoms with van der Waals surface area (Å²) in [5, 5.41) is 3.42. The third-order valence-corrected chi connectivity index (χ3v) is 2.12. The highest BCUT2D eigenvalue weighted by molar-refractivity contribution is 4.55. The quantitative estimate of drug-likeness (QED) is 0.585. The lowest BCUT2D eigenvalue weighted by Crippen LogP contribution is -2.23. The summed E-state index contributed by atoms with van der Waals surface area (Å²) < 4.78 is 0. The fourth-order valence-corrected chi connectivity index (χ4v) is 1.05. The molecule has 1 atom stereocenters. The van der Waals surface area contributed by atoms with Crippen molar-refractivity contribution in [1.29, 1.82) is 0 Å². The molecule has 0 saturated heterocycles. The van der Waals surface area contributed by atoms with Gasteiger partial charge in [0.15, 0.2) is 0 Å². The summed E-state index contributed by atoms with van der Waals surface area (Å²) in [6.07, 6.45) is 4.02. The van der Waals surface area contributed by atoms with Gasteiger partial charge in [0, 0.05) is 6.04 Å². The van der Waals surface area contributed by atoms with Gasteiger partial charge in [-0.3, -0.25) is 0 Å². The summed E-state index contributed by atoms with van der Waals surface area (Å²) in [6.45, 7) is 10.2. The molecule has 0 heterocycles. The third kappa shape index (κ3) is 7.86. The first-order valence-electron chi connectivity index (χ1n) is 4.90. The van der Waals surface area contributed by atoms with Crippen molar-refractivity contribution in [2.75, 3.05) is 6.54 Å². The first-order chi connectivity index (χ1) is 5.16. The molecule has 0 aliphatic carbocycles. The van der Waals surface area contributed by atoms with E-state index < -0.39 is 0 Å². The lowest BCUT2D eigenvalue weighted by Gasteiger charge is -2.10. The molecule has 1 unspecified atom stereocenters. The Bertz CT molecular complexity index is 78.9. The van der Waals surface area contributed by atoms with E-state index in [0.717, 1.165) is 5.92 Å². The van der Waals surface area contributed by atoms with E-state index in [1.165, 1.54) is 25.8 Å². The molecule has 0 aliphatic heterocycles. The van der Waals surface area contributed by atoms with Crippen LogP contribution in [0.5, 0.6) is 0 Å². The molecule has 0 spiro atoms. The average molecular weight is 157 g/mol. The maximum atomic E-state index is 3.42. The van der Waals surface area contributed by atoms with Gasteiger partial charge in [-0.2, -0.15) is 0 Å². The Morgan fingerprint density at radius 2 is 1.82 bits per heavy atom. The number of rotatable bonds is 6. The number of nitrogens with one attached hydrogen (secondary N) is 1. The Morgan fingerprint density at radius 3 is 2.27 bits per heavy atom. The third-order valence-electron chi connectivity index (χ3n) is 2.12. The molecule has 0 aromatic carbocycles. The minimum Gasteiger partial charge on any atom is -0.315 e. The van der Waals surface area contributed by atoms with Crippen molar-refractivity contribution in [2.45, 2.75) is 53.0 Å². The second kappa shape index (κ2) is 6.66. The van der Waals surface area contributed by atoms with E-state index in [9.17, 15) is 0 Å². The van der Waals surface area contributed by atoms with Crippen LogP contribution in [0.1, 0.15) is 47.0 Å². The molecule has 0 saturated carbocycles. The van der Waals surface area contributed by atoms with Crippen molar-refractivity contribution < 1.29 is 0 Å². The predicted octanol–water partition coefficient (Wildman–Crippen LogP) is 2.81. The summed E-state index contributed by atoms with van der Waals surface area (Å²) in [4.78, 5) is 0. The van der Waals surface area contributed by atoms with Crippen LogP contribution in [-0.2, 0) is 0 Å². The van der Waals surface area contributed by atoms with Crippen molar-refractivity contribution in [2.24, 2.45) is 5.92 Å². The van der Waals surface area contributed by atoms with Gasteiger partial charge in [-0.25, -0.2) is 0 Å². The lowest BCUT2D eigenvalue weighted by molar-refractivity contribution is 0.468. The molecule has 0 aromatic rings. The van der Waals surface area contributed by atoms with Crippen molar-refractivity contribution in [3.63, 3.8) is 0 Å². The van der Waals surface area contributed by atoms with Crippen LogP contribution in [0.4, 0.5) is 0 Å². The van der Waals surface area contributed by atoms with Gasteiger partial charge in [0.1, 0.15) is 0 Å². The lowest BCUT2D eigenvalue weighted by atomic mass is 10.0. The molecule has 0 amide bonds. The van der Waals surface area contributed by atoms with E-state index in [1.807, 2.05) is 0 Å². The molecule has 1 nitrogen and oxygen atoms in total. The van der Waals surface area contributed by atoms with Crippen molar-refractivity contribution in [3.8, 4) is 0 Å². The topological polar surface area (TPSA) is 12.0 Å². The molecular weight excluding hydrogens is 134 g/mol. The van der Waals surface area contributed by atoms with Crippen LogP contribution in [0.25, 0.3) is 0 Å². The fraction of sp³-hybridized carbons (Fsp3) is 1.00. The molecular formula is C10H23N. The van der Waals surface area contributed by atoms with Crippen LogP contribution in [0.3, 0.4) is 0 Å². The van der Waals surface area contributed by atoms with Crippen molar-refractivity contribution in [1.82, 2.24) is 5.32 Å². The normalized spacial score (nSPS) is 13.9. The smallest absolute Gasteiger partial charge is 0.00103 e. The van der Waals surface area contributed by atoms with Crippen molar-refractivity contribution in [3.05, 3.63) is 0 Å². The number of hydrogen-bond donors (Lipinski definition) is 1.